The van der Waals surface area contributed by atoms with E-state index in [4.69, 9.17) is 16.7 Å². The second-order valence-corrected chi connectivity index (χ2v) is 6.23. The van der Waals surface area contributed by atoms with Gasteiger partial charge in [0.05, 0.1) is 5.56 Å². The Hall–Kier alpha value is -2.40. The molecule has 0 bridgehead atoms. The molecule has 1 atom stereocenters. The second kappa shape index (κ2) is 7.01. The molecule has 1 N–H and O–H groups in total. The number of aromatic carboxylic acids is 1. The minimum Gasteiger partial charge on any atom is -0.477 e. The first kappa shape index (κ1) is 16.5. The summed E-state index contributed by atoms with van der Waals surface area (Å²) < 4.78 is 0. The van der Waals surface area contributed by atoms with Gasteiger partial charge in [-0.3, -0.25) is 4.79 Å². The number of carbonyl (C=O) groups is 2. The van der Waals surface area contributed by atoms with Crippen LogP contribution >= 0.6 is 11.6 Å². The van der Waals surface area contributed by atoms with Crippen molar-refractivity contribution in [3.8, 4) is 0 Å². The van der Waals surface area contributed by atoms with Gasteiger partial charge < -0.3 is 10.0 Å². The number of likely N-dealkylation sites (tertiary alicyclic amines) is 1. The number of pyridine rings is 1. The number of benzene rings is 1. The molecule has 124 valence electrons. The van der Waals surface area contributed by atoms with Gasteiger partial charge in [-0.25, -0.2) is 9.78 Å². The molecule has 3 rings (SSSR count). The van der Waals surface area contributed by atoms with Gasteiger partial charge in [-0.2, -0.15) is 0 Å². The Morgan fingerprint density at radius 1 is 1.25 bits per heavy atom. The molecule has 0 saturated carbocycles. The fourth-order valence-electron chi connectivity index (χ4n) is 3.05. The van der Waals surface area contributed by atoms with Crippen molar-refractivity contribution >= 4 is 23.5 Å². The van der Waals surface area contributed by atoms with Gasteiger partial charge >= 0.3 is 5.97 Å². The second-order valence-electron chi connectivity index (χ2n) is 5.83. The van der Waals surface area contributed by atoms with Crippen molar-refractivity contribution in [1.82, 2.24) is 9.88 Å². The molecule has 24 heavy (non-hydrogen) atoms. The normalized spacial score (nSPS) is 17.0. The number of carbonyl (C=O) groups excluding carboxylic acids is 1. The van der Waals surface area contributed by atoms with Crippen LogP contribution < -0.4 is 0 Å². The van der Waals surface area contributed by atoms with E-state index in [0.29, 0.717) is 23.6 Å². The third-order valence-electron chi connectivity index (χ3n) is 4.28. The average molecular weight is 345 g/mol. The van der Waals surface area contributed by atoms with Gasteiger partial charge in [0.2, 0.25) is 0 Å². The molecule has 1 unspecified atom stereocenters. The summed E-state index contributed by atoms with van der Waals surface area (Å²) in [5, 5.41) is 9.60. The van der Waals surface area contributed by atoms with Gasteiger partial charge in [0, 0.05) is 23.8 Å². The molecule has 5 nitrogen and oxygen atoms in total. The van der Waals surface area contributed by atoms with Gasteiger partial charge in [0.15, 0.2) is 0 Å². The van der Waals surface area contributed by atoms with Crippen LogP contribution in [0.1, 0.15) is 39.3 Å². The van der Waals surface area contributed by atoms with Crippen LogP contribution in [-0.4, -0.2) is 39.5 Å². The Balaban J connectivity index is 1.76. The monoisotopic (exact) mass is 344 g/mol. The number of carboxylic acid groups (broad SMARTS) is 1. The van der Waals surface area contributed by atoms with Gasteiger partial charge in [0.25, 0.3) is 5.91 Å². The minimum atomic E-state index is -1.10. The number of amides is 1. The number of nitrogens with zero attached hydrogens (tertiary/aromatic N) is 2. The van der Waals surface area contributed by atoms with E-state index in [2.05, 4.69) is 4.98 Å². The molecule has 1 fully saturated rings. The lowest BCUT2D eigenvalue weighted by molar-refractivity contribution is 0.0685. The van der Waals surface area contributed by atoms with Crippen molar-refractivity contribution in [2.45, 2.75) is 25.3 Å². The van der Waals surface area contributed by atoms with Crippen LogP contribution in [0.4, 0.5) is 0 Å². The first-order valence-electron chi connectivity index (χ1n) is 7.80. The lowest BCUT2D eigenvalue weighted by Crippen LogP contribution is -2.37. The van der Waals surface area contributed by atoms with Gasteiger partial charge in [0.1, 0.15) is 5.69 Å². The summed E-state index contributed by atoms with van der Waals surface area (Å²) >= 11 is 6.22. The third-order valence-corrected chi connectivity index (χ3v) is 4.65. The Labute approximate surface area is 144 Å². The number of hydrogen-bond acceptors (Lipinski definition) is 3. The Morgan fingerprint density at radius 2 is 2.04 bits per heavy atom. The van der Waals surface area contributed by atoms with Crippen LogP contribution in [0.2, 0.25) is 5.02 Å². The number of aromatic nitrogens is 1. The van der Waals surface area contributed by atoms with Crippen molar-refractivity contribution in [2.75, 3.05) is 6.54 Å². The standard InChI is InChI=1S/C18H17ClN2O3/c19-15-6-2-1-4-12(15)10-14-5-3-9-21(14)17(22)13-7-8-16(18(23)24)20-11-13/h1-2,4,6-8,11,14H,3,5,9-10H2,(H,23,24). The highest BCUT2D eigenvalue weighted by molar-refractivity contribution is 6.31. The molecule has 1 aliphatic heterocycles. The summed E-state index contributed by atoms with van der Waals surface area (Å²) in [5.74, 6) is -1.22. The summed E-state index contributed by atoms with van der Waals surface area (Å²) in [6.07, 6.45) is 3.92. The molecule has 2 aromatic rings. The molecular formula is C18H17ClN2O3. The van der Waals surface area contributed by atoms with Gasteiger partial charge in [-0.05, 0) is 43.0 Å². The zero-order chi connectivity index (χ0) is 17.1. The van der Waals surface area contributed by atoms with E-state index in [1.165, 1.54) is 18.3 Å². The lowest BCUT2D eigenvalue weighted by atomic mass is 10.0. The molecule has 1 amide bonds. The minimum absolute atomic E-state index is 0.0689. The smallest absolute Gasteiger partial charge is 0.354 e. The summed E-state index contributed by atoms with van der Waals surface area (Å²) in [5.41, 5.74) is 1.37. The molecule has 0 spiro atoms. The van der Waals surface area contributed by atoms with Crippen LogP contribution in [0.3, 0.4) is 0 Å². The average Bonchev–Trinajstić information content (AvgIpc) is 3.04. The topological polar surface area (TPSA) is 70.5 Å². The Morgan fingerprint density at radius 3 is 2.71 bits per heavy atom. The predicted molar refractivity (Wildman–Crippen MR) is 90.4 cm³/mol. The van der Waals surface area contributed by atoms with Crippen molar-refractivity contribution in [3.05, 3.63) is 64.4 Å². The van der Waals surface area contributed by atoms with E-state index in [1.54, 1.807) is 0 Å². The largest absolute Gasteiger partial charge is 0.477 e. The summed E-state index contributed by atoms with van der Waals surface area (Å²) in [6, 6.07) is 10.6. The molecule has 1 saturated heterocycles. The summed E-state index contributed by atoms with van der Waals surface area (Å²) in [4.78, 5) is 29.2. The zero-order valence-corrected chi connectivity index (χ0v) is 13.7. The van der Waals surface area contributed by atoms with Crippen molar-refractivity contribution in [1.29, 1.82) is 0 Å². The number of halogens is 1. The van der Waals surface area contributed by atoms with E-state index in [-0.39, 0.29) is 17.6 Å². The van der Waals surface area contributed by atoms with E-state index in [9.17, 15) is 9.59 Å². The SMILES string of the molecule is O=C(O)c1ccc(C(=O)N2CCCC2Cc2ccccc2Cl)cn1. The Kier molecular flexibility index (Phi) is 4.81. The quantitative estimate of drug-likeness (QED) is 0.924. The van der Waals surface area contributed by atoms with Gasteiger partial charge in [-0.1, -0.05) is 29.8 Å². The van der Waals surface area contributed by atoms with Gasteiger partial charge in [-0.15, -0.1) is 0 Å². The van der Waals surface area contributed by atoms with E-state index in [1.807, 2.05) is 29.2 Å². The van der Waals surface area contributed by atoms with Crippen molar-refractivity contribution in [2.24, 2.45) is 0 Å². The highest BCUT2D eigenvalue weighted by atomic mass is 35.5. The third kappa shape index (κ3) is 3.41. The first-order valence-corrected chi connectivity index (χ1v) is 8.18. The Bertz CT molecular complexity index is 761. The van der Waals surface area contributed by atoms with Crippen LogP contribution in [0, 0.1) is 0 Å². The number of hydrogen-bond donors (Lipinski definition) is 1. The highest BCUT2D eigenvalue weighted by Gasteiger charge is 2.30. The van der Waals surface area contributed by atoms with E-state index in [0.717, 1.165) is 18.4 Å². The lowest BCUT2D eigenvalue weighted by Gasteiger charge is -2.25. The van der Waals surface area contributed by atoms with Crippen LogP contribution in [0.25, 0.3) is 0 Å². The maximum absolute atomic E-state index is 12.7. The molecule has 2 heterocycles. The van der Waals surface area contributed by atoms with E-state index >= 15 is 0 Å². The molecular weight excluding hydrogens is 328 g/mol. The van der Waals surface area contributed by atoms with Crippen LogP contribution in [0.5, 0.6) is 0 Å². The fourth-order valence-corrected chi connectivity index (χ4v) is 3.26. The zero-order valence-electron chi connectivity index (χ0n) is 13.0. The van der Waals surface area contributed by atoms with Crippen LogP contribution in [0.15, 0.2) is 42.6 Å². The molecule has 0 radical (unpaired) electrons. The molecule has 0 aliphatic carbocycles. The maximum Gasteiger partial charge on any atom is 0.354 e. The van der Waals surface area contributed by atoms with Crippen LogP contribution in [-0.2, 0) is 6.42 Å². The maximum atomic E-state index is 12.7. The molecule has 1 aliphatic rings. The highest BCUT2D eigenvalue weighted by Crippen LogP contribution is 2.26. The summed E-state index contributed by atoms with van der Waals surface area (Å²) in [6.45, 7) is 0.689. The number of rotatable bonds is 4. The fraction of sp³-hybridized carbons (Fsp3) is 0.278. The van der Waals surface area contributed by atoms with Crippen molar-refractivity contribution < 1.29 is 14.7 Å². The number of carboxylic acids is 1. The predicted octanol–water partition coefficient (Wildman–Crippen LogP) is 3.28. The summed E-state index contributed by atoms with van der Waals surface area (Å²) in [7, 11) is 0. The first-order chi connectivity index (χ1) is 11.6. The molecule has 1 aromatic heterocycles. The molecule has 6 heteroatoms. The van der Waals surface area contributed by atoms with Crippen molar-refractivity contribution in [3.63, 3.8) is 0 Å². The van der Waals surface area contributed by atoms with E-state index < -0.39 is 5.97 Å². The molecule has 1 aromatic carbocycles.